The van der Waals surface area contributed by atoms with Gasteiger partial charge in [0.1, 0.15) is 0 Å². The summed E-state index contributed by atoms with van der Waals surface area (Å²) in [5.74, 6) is 0. The SMILES string of the molecule is C=CC[C@@H](C)NC[C@@H]1CCCO1. The normalized spacial score (nSPS) is 25.6. The molecule has 1 fully saturated rings. The summed E-state index contributed by atoms with van der Waals surface area (Å²) in [6.07, 6.45) is 5.88. The molecule has 0 aromatic rings. The first-order chi connectivity index (χ1) is 5.83. The minimum Gasteiger partial charge on any atom is -0.377 e. The number of rotatable bonds is 5. The largest absolute Gasteiger partial charge is 0.377 e. The van der Waals surface area contributed by atoms with E-state index < -0.39 is 0 Å². The van der Waals surface area contributed by atoms with Crippen molar-refractivity contribution in [3.8, 4) is 0 Å². The van der Waals surface area contributed by atoms with Crippen molar-refractivity contribution in [3.63, 3.8) is 0 Å². The van der Waals surface area contributed by atoms with E-state index in [4.69, 9.17) is 4.74 Å². The van der Waals surface area contributed by atoms with Crippen LogP contribution in [-0.2, 0) is 4.74 Å². The molecular weight excluding hydrogens is 150 g/mol. The lowest BCUT2D eigenvalue weighted by atomic mass is 10.2. The maximum absolute atomic E-state index is 5.49. The maximum Gasteiger partial charge on any atom is 0.0700 e. The average Bonchev–Trinajstić information content (AvgIpc) is 2.53. The molecule has 0 aliphatic carbocycles. The van der Waals surface area contributed by atoms with Crippen LogP contribution in [0.3, 0.4) is 0 Å². The van der Waals surface area contributed by atoms with Gasteiger partial charge in [-0.05, 0) is 26.2 Å². The highest BCUT2D eigenvalue weighted by Gasteiger charge is 2.15. The van der Waals surface area contributed by atoms with E-state index in [0.29, 0.717) is 12.1 Å². The number of hydrogen-bond donors (Lipinski definition) is 1. The Morgan fingerprint density at radius 2 is 2.58 bits per heavy atom. The third-order valence-electron chi connectivity index (χ3n) is 2.24. The molecule has 1 aliphatic heterocycles. The molecule has 1 aliphatic rings. The molecule has 0 spiro atoms. The molecule has 12 heavy (non-hydrogen) atoms. The highest BCUT2D eigenvalue weighted by molar-refractivity contribution is 4.76. The second-order valence-electron chi connectivity index (χ2n) is 3.47. The highest BCUT2D eigenvalue weighted by Crippen LogP contribution is 2.10. The Balaban J connectivity index is 2.03. The van der Waals surface area contributed by atoms with Gasteiger partial charge in [-0.2, -0.15) is 0 Å². The van der Waals surface area contributed by atoms with E-state index in [1.165, 1.54) is 12.8 Å². The molecule has 2 heteroatoms. The molecule has 70 valence electrons. The first-order valence-electron chi connectivity index (χ1n) is 4.79. The summed E-state index contributed by atoms with van der Waals surface area (Å²) < 4.78 is 5.49. The van der Waals surface area contributed by atoms with Crippen molar-refractivity contribution in [2.24, 2.45) is 0 Å². The first kappa shape index (κ1) is 9.75. The van der Waals surface area contributed by atoms with E-state index in [2.05, 4.69) is 18.8 Å². The first-order valence-corrected chi connectivity index (χ1v) is 4.79. The van der Waals surface area contributed by atoms with Gasteiger partial charge in [0.25, 0.3) is 0 Å². The van der Waals surface area contributed by atoms with Gasteiger partial charge in [-0.15, -0.1) is 6.58 Å². The van der Waals surface area contributed by atoms with E-state index >= 15 is 0 Å². The van der Waals surface area contributed by atoms with Crippen molar-refractivity contribution >= 4 is 0 Å². The van der Waals surface area contributed by atoms with Crippen molar-refractivity contribution in [1.29, 1.82) is 0 Å². The summed E-state index contributed by atoms with van der Waals surface area (Å²) in [7, 11) is 0. The Labute approximate surface area is 75.0 Å². The Kier molecular flexibility index (Phi) is 4.33. The zero-order valence-electron chi connectivity index (χ0n) is 7.88. The van der Waals surface area contributed by atoms with Gasteiger partial charge in [0, 0.05) is 19.2 Å². The van der Waals surface area contributed by atoms with Gasteiger partial charge in [-0.25, -0.2) is 0 Å². The topological polar surface area (TPSA) is 21.3 Å². The molecule has 1 saturated heterocycles. The van der Waals surface area contributed by atoms with E-state index in [9.17, 15) is 0 Å². The maximum atomic E-state index is 5.49. The van der Waals surface area contributed by atoms with E-state index in [-0.39, 0.29) is 0 Å². The van der Waals surface area contributed by atoms with Crippen LogP contribution >= 0.6 is 0 Å². The molecule has 1 rings (SSSR count). The van der Waals surface area contributed by atoms with Gasteiger partial charge in [-0.3, -0.25) is 0 Å². The Bertz CT molecular complexity index is 130. The summed E-state index contributed by atoms with van der Waals surface area (Å²) in [4.78, 5) is 0. The highest BCUT2D eigenvalue weighted by atomic mass is 16.5. The number of nitrogens with one attached hydrogen (secondary N) is 1. The fourth-order valence-corrected chi connectivity index (χ4v) is 1.47. The molecule has 0 amide bonds. The zero-order valence-corrected chi connectivity index (χ0v) is 7.88. The van der Waals surface area contributed by atoms with Crippen LogP contribution < -0.4 is 5.32 Å². The van der Waals surface area contributed by atoms with Crippen molar-refractivity contribution in [2.75, 3.05) is 13.2 Å². The average molecular weight is 169 g/mol. The molecule has 0 aromatic carbocycles. The fourth-order valence-electron chi connectivity index (χ4n) is 1.47. The van der Waals surface area contributed by atoms with Crippen LogP contribution in [0.15, 0.2) is 12.7 Å². The third kappa shape index (κ3) is 3.37. The van der Waals surface area contributed by atoms with Crippen molar-refractivity contribution < 1.29 is 4.74 Å². The number of hydrogen-bond acceptors (Lipinski definition) is 2. The summed E-state index contributed by atoms with van der Waals surface area (Å²) in [5, 5.41) is 3.43. The van der Waals surface area contributed by atoms with Gasteiger partial charge in [-0.1, -0.05) is 6.08 Å². The lowest BCUT2D eigenvalue weighted by Gasteiger charge is -2.15. The van der Waals surface area contributed by atoms with Gasteiger partial charge in [0.2, 0.25) is 0 Å². The van der Waals surface area contributed by atoms with Crippen LogP contribution in [0.25, 0.3) is 0 Å². The van der Waals surface area contributed by atoms with Crippen LogP contribution in [-0.4, -0.2) is 25.3 Å². The minimum atomic E-state index is 0.456. The predicted molar refractivity (Wildman–Crippen MR) is 51.3 cm³/mol. The quantitative estimate of drug-likeness (QED) is 0.633. The van der Waals surface area contributed by atoms with E-state index in [1.54, 1.807) is 0 Å². The van der Waals surface area contributed by atoms with Crippen LogP contribution in [0.5, 0.6) is 0 Å². The third-order valence-corrected chi connectivity index (χ3v) is 2.24. The summed E-state index contributed by atoms with van der Waals surface area (Å²) in [6, 6.07) is 0.534. The smallest absolute Gasteiger partial charge is 0.0700 e. The van der Waals surface area contributed by atoms with Crippen LogP contribution in [0.4, 0.5) is 0 Å². The molecule has 1 heterocycles. The molecule has 0 radical (unpaired) electrons. The lowest BCUT2D eigenvalue weighted by Crippen LogP contribution is -2.33. The number of ether oxygens (including phenoxy) is 1. The molecule has 1 N–H and O–H groups in total. The molecule has 0 unspecified atom stereocenters. The van der Waals surface area contributed by atoms with Crippen molar-refractivity contribution in [3.05, 3.63) is 12.7 Å². The Morgan fingerprint density at radius 1 is 1.75 bits per heavy atom. The standard InChI is InChI=1S/C10H19NO/c1-3-5-9(2)11-8-10-6-4-7-12-10/h3,9-11H,1,4-8H2,2H3/t9-,10+/m1/s1. The Hall–Kier alpha value is -0.340. The molecule has 0 saturated carbocycles. The fraction of sp³-hybridized carbons (Fsp3) is 0.800. The second-order valence-corrected chi connectivity index (χ2v) is 3.47. The van der Waals surface area contributed by atoms with Crippen LogP contribution in [0.1, 0.15) is 26.2 Å². The van der Waals surface area contributed by atoms with Crippen molar-refractivity contribution in [1.82, 2.24) is 5.32 Å². The van der Waals surface area contributed by atoms with Gasteiger partial charge in [0.05, 0.1) is 6.10 Å². The molecule has 2 nitrogen and oxygen atoms in total. The monoisotopic (exact) mass is 169 g/mol. The van der Waals surface area contributed by atoms with Crippen LogP contribution in [0, 0.1) is 0 Å². The lowest BCUT2D eigenvalue weighted by molar-refractivity contribution is 0.108. The van der Waals surface area contributed by atoms with Crippen LogP contribution in [0.2, 0.25) is 0 Å². The minimum absolute atomic E-state index is 0.456. The zero-order chi connectivity index (χ0) is 8.81. The van der Waals surface area contributed by atoms with Gasteiger partial charge < -0.3 is 10.1 Å². The van der Waals surface area contributed by atoms with Gasteiger partial charge >= 0.3 is 0 Å². The van der Waals surface area contributed by atoms with Crippen molar-refractivity contribution in [2.45, 2.75) is 38.3 Å². The summed E-state index contributed by atoms with van der Waals surface area (Å²) in [5.41, 5.74) is 0. The van der Waals surface area contributed by atoms with Gasteiger partial charge in [0.15, 0.2) is 0 Å². The molecule has 0 aromatic heterocycles. The predicted octanol–water partition coefficient (Wildman–Crippen LogP) is 1.72. The summed E-state index contributed by atoms with van der Waals surface area (Å²) >= 11 is 0. The van der Waals surface area contributed by atoms with E-state index in [1.807, 2.05) is 6.08 Å². The second kappa shape index (κ2) is 5.33. The molecule has 0 bridgehead atoms. The molecule has 2 atom stereocenters. The molecular formula is C10H19NO. The van der Waals surface area contributed by atoms with E-state index in [0.717, 1.165) is 19.6 Å². The Morgan fingerprint density at radius 3 is 3.17 bits per heavy atom. The summed E-state index contributed by atoms with van der Waals surface area (Å²) in [6.45, 7) is 7.83.